The van der Waals surface area contributed by atoms with Crippen molar-refractivity contribution in [2.75, 3.05) is 24.5 Å². The summed E-state index contributed by atoms with van der Waals surface area (Å²) in [7, 11) is 0. The maximum Gasteiger partial charge on any atom is 0.242 e. The number of amides is 2. The number of carbonyl (C=O) groups excluding carboxylic acids is 2. The number of para-hydroxylation sites is 2. The van der Waals surface area contributed by atoms with E-state index in [1.165, 1.54) is 18.2 Å². The molecule has 0 unspecified atom stereocenters. The van der Waals surface area contributed by atoms with Gasteiger partial charge in [-0.1, -0.05) is 12.1 Å². The topological polar surface area (TPSA) is 49.9 Å². The molecule has 0 N–H and O–H groups in total. The molecule has 2 rings (SSSR count). The molecule has 0 aliphatic carbocycles. The molecular formula is C18H26N2O3. The number of anilines is 1. The Balaban J connectivity index is 2.18. The van der Waals surface area contributed by atoms with Gasteiger partial charge in [0.05, 0.1) is 11.8 Å². The average Bonchev–Trinajstić information content (AvgIpc) is 2.53. The number of nitrogens with zero attached hydrogens (tertiary/aromatic N) is 2. The molecule has 1 aromatic rings. The van der Waals surface area contributed by atoms with E-state index in [0.717, 1.165) is 25.9 Å². The largest absolute Gasteiger partial charge is 0.489 e. The standard InChI is InChI=1S/C18H26N2O3/c1-14(2)23-17-10-6-5-9-16(17)20(15(3)21)13-18(22)19-11-7-4-8-12-19/h5-6,9-10,14H,4,7-8,11-13H2,1-3H3. The lowest BCUT2D eigenvalue weighted by atomic mass is 10.1. The lowest BCUT2D eigenvalue weighted by Crippen LogP contribution is -2.44. The summed E-state index contributed by atoms with van der Waals surface area (Å²) in [5, 5.41) is 0. The summed E-state index contributed by atoms with van der Waals surface area (Å²) in [5.74, 6) is 0.471. The SMILES string of the molecule is CC(=O)N(CC(=O)N1CCCCC1)c1ccccc1OC(C)C. The van der Waals surface area contributed by atoms with E-state index >= 15 is 0 Å². The Hall–Kier alpha value is -2.04. The van der Waals surface area contributed by atoms with Crippen molar-refractivity contribution in [3.63, 3.8) is 0 Å². The molecule has 0 bridgehead atoms. The maximum absolute atomic E-state index is 12.5. The summed E-state index contributed by atoms with van der Waals surface area (Å²) in [5.41, 5.74) is 0.652. The first-order chi connectivity index (χ1) is 11.0. The Morgan fingerprint density at radius 3 is 2.43 bits per heavy atom. The van der Waals surface area contributed by atoms with Gasteiger partial charge in [-0.15, -0.1) is 0 Å². The van der Waals surface area contributed by atoms with E-state index in [1.54, 1.807) is 0 Å². The van der Waals surface area contributed by atoms with Crippen LogP contribution < -0.4 is 9.64 Å². The van der Waals surface area contributed by atoms with Crippen LogP contribution in [0.5, 0.6) is 5.75 Å². The summed E-state index contributed by atoms with van der Waals surface area (Å²) in [6.45, 7) is 6.99. The Morgan fingerprint density at radius 2 is 1.83 bits per heavy atom. The first-order valence-electron chi connectivity index (χ1n) is 8.30. The number of hydrogen-bond acceptors (Lipinski definition) is 3. The highest BCUT2D eigenvalue weighted by Gasteiger charge is 2.23. The van der Waals surface area contributed by atoms with Crippen LogP contribution in [0.25, 0.3) is 0 Å². The monoisotopic (exact) mass is 318 g/mol. The molecule has 5 heteroatoms. The molecule has 23 heavy (non-hydrogen) atoms. The van der Waals surface area contributed by atoms with Crippen LogP contribution >= 0.6 is 0 Å². The smallest absolute Gasteiger partial charge is 0.242 e. The fraction of sp³-hybridized carbons (Fsp3) is 0.556. The molecule has 1 aliphatic heterocycles. The minimum atomic E-state index is -0.157. The number of rotatable bonds is 5. The van der Waals surface area contributed by atoms with E-state index in [1.807, 2.05) is 43.0 Å². The molecule has 1 saturated heterocycles. The quantitative estimate of drug-likeness (QED) is 0.839. The lowest BCUT2D eigenvalue weighted by Gasteiger charge is -2.30. The van der Waals surface area contributed by atoms with Gasteiger partial charge in [0.2, 0.25) is 11.8 Å². The predicted molar refractivity (Wildman–Crippen MR) is 90.7 cm³/mol. The van der Waals surface area contributed by atoms with Gasteiger partial charge in [0.25, 0.3) is 0 Å². The molecule has 1 aromatic carbocycles. The molecule has 0 aromatic heterocycles. The second-order valence-electron chi connectivity index (χ2n) is 6.18. The van der Waals surface area contributed by atoms with E-state index in [0.29, 0.717) is 11.4 Å². The molecule has 0 atom stereocenters. The van der Waals surface area contributed by atoms with Gasteiger partial charge < -0.3 is 9.64 Å². The lowest BCUT2D eigenvalue weighted by molar-refractivity contribution is -0.132. The van der Waals surface area contributed by atoms with Crippen LogP contribution in [0.1, 0.15) is 40.0 Å². The van der Waals surface area contributed by atoms with Crippen molar-refractivity contribution in [3.05, 3.63) is 24.3 Å². The van der Waals surface area contributed by atoms with E-state index < -0.39 is 0 Å². The highest BCUT2D eigenvalue weighted by atomic mass is 16.5. The number of benzene rings is 1. The molecule has 5 nitrogen and oxygen atoms in total. The van der Waals surface area contributed by atoms with Gasteiger partial charge >= 0.3 is 0 Å². The minimum Gasteiger partial charge on any atom is -0.489 e. The highest BCUT2D eigenvalue weighted by molar-refractivity contribution is 5.98. The fourth-order valence-electron chi connectivity index (χ4n) is 2.78. The normalized spacial score (nSPS) is 14.7. The first-order valence-corrected chi connectivity index (χ1v) is 8.30. The fourth-order valence-corrected chi connectivity index (χ4v) is 2.78. The van der Waals surface area contributed by atoms with Crippen LogP contribution in [0.3, 0.4) is 0 Å². The summed E-state index contributed by atoms with van der Waals surface area (Å²) < 4.78 is 5.78. The summed E-state index contributed by atoms with van der Waals surface area (Å²) in [6.07, 6.45) is 3.26. The average molecular weight is 318 g/mol. The molecule has 0 radical (unpaired) electrons. The minimum absolute atomic E-state index is 0.000694. The van der Waals surface area contributed by atoms with Crippen molar-refractivity contribution in [3.8, 4) is 5.75 Å². The molecule has 1 fully saturated rings. The summed E-state index contributed by atoms with van der Waals surface area (Å²) in [6, 6.07) is 7.37. The number of hydrogen-bond donors (Lipinski definition) is 0. The van der Waals surface area contributed by atoms with Crippen molar-refractivity contribution in [1.82, 2.24) is 4.90 Å². The van der Waals surface area contributed by atoms with Gasteiger partial charge in [0.15, 0.2) is 0 Å². The van der Waals surface area contributed by atoms with Gasteiger partial charge in [-0.05, 0) is 45.2 Å². The van der Waals surface area contributed by atoms with Crippen LogP contribution in [0.4, 0.5) is 5.69 Å². The third-order valence-electron chi connectivity index (χ3n) is 3.90. The van der Waals surface area contributed by atoms with Gasteiger partial charge in [0, 0.05) is 20.0 Å². The van der Waals surface area contributed by atoms with Gasteiger partial charge in [-0.2, -0.15) is 0 Å². The van der Waals surface area contributed by atoms with Gasteiger partial charge in [-0.25, -0.2) is 0 Å². The van der Waals surface area contributed by atoms with Crippen molar-refractivity contribution < 1.29 is 14.3 Å². The summed E-state index contributed by atoms with van der Waals surface area (Å²) in [4.78, 5) is 28.0. The number of likely N-dealkylation sites (tertiary alicyclic amines) is 1. The number of piperidine rings is 1. The zero-order valence-electron chi connectivity index (χ0n) is 14.2. The number of ether oxygens (including phenoxy) is 1. The second kappa shape index (κ2) is 7.99. The number of carbonyl (C=O) groups is 2. The van der Waals surface area contributed by atoms with Crippen LogP contribution in [0, 0.1) is 0 Å². The Morgan fingerprint density at radius 1 is 1.17 bits per heavy atom. The van der Waals surface area contributed by atoms with E-state index in [-0.39, 0.29) is 24.5 Å². The predicted octanol–water partition coefficient (Wildman–Crippen LogP) is 2.84. The van der Waals surface area contributed by atoms with Crippen LogP contribution in [-0.2, 0) is 9.59 Å². The Bertz CT molecular complexity index is 551. The molecule has 0 spiro atoms. The van der Waals surface area contributed by atoms with Crippen molar-refractivity contribution >= 4 is 17.5 Å². The zero-order chi connectivity index (χ0) is 16.8. The van der Waals surface area contributed by atoms with Crippen molar-refractivity contribution in [2.45, 2.75) is 46.1 Å². The van der Waals surface area contributed by atoms with E-state index in [4.69, 9.17) is 4.74 Å². The molecule has 0 saturated carbocycles. The van der Waals surface area contributed by atoms with Crippen LogP contribution in [0.2, 0.25) is 0 Å². The summed E-state index contributed by atoms with van der Waals surface area (Å²) >= 11 is 0. The van der Waals surface area contributed by atoms with Crippen LogP contribution in [0.15, 0.2) is 24.3 Å². The third kappa shape index (κ3) is 4.71. The van der Waals surface area contributed by atoms with Crippen LogP contribution in [-0.4, -0.2) is 42.5 Å². The maximum atomic E-state index is 12.5. The molecule has 1 heterocycles. The Labute approximate surface area is 138 Å². The highest BCUT2D eigenvalue weighted by Crippen LogP contribution is 2.29. The Kier molecular flexibility index (Phi) is 6.02. The third-order valence-corrected chi connectivity index (χ3v) is 3.90. The molecule has 1 aliphatic rings. The van der Waals surface area contributed by atoms with Gasteiger partial charge in [-0.3, -0.25) is 14.5 Å². The van der Waals surface area contributed by atoms with Crippen molar-refractivity contribution in [1.29, 1.82) is 0 Å². The first kappa shape index (κ1) is 17.3. The van der Waals surface area contributed by atoms with Gasteiger partial charge in [0.1, 0.15) is 12.3 Å². The zero-order valence-corrected chi connectivity index (χ0v) is 14.2. The van der Waals surface area contributed by atoms with E-state index in [2.05, 4.69) is 0 Å². The molecule has 126 valence electrons. The van der Waals surface area contributed by atoms with Crippen molar-refractivity contribution in [2.24, 2.45) is 0 Å². The molecular weight excluding hydrogens is 292 g/mol. The molecule has 2 amide bonds. The second-order valence-corrected chi connectivity index (χ2v) is 6.18. The van der Waals surface area contributed by atoms with E-state index in [9.17, 15) is 9.59 Å².